The lowest BCUT2D eigenvalue weighted by Gasteiger charge is -2.26. The van der Waals surface area contributed by atoms with Gasteiger partial charge in [-0.15, -0.1) is 0 Å². The Hall–Kier alpha value is -1.59. The molecule has 1 unspecified atom stereocenters. The van der Waals surface area contributed by atoms with Crippen LogP contribution in [0.5, 0.6) is 0 Å². The topological polar surface area (TPSA) is 71.0 Å². The Balaban J connectivity index is 1.91. The van der Waals surface area contributed by atoms with Gasteiger partial charge in [0.2, 0.25) is 5.91 Å². The lowest BCUT2D eigenvalue weighted by atomic mass is 10.0. The standard InChI is InChI=1S/C11H16N4O2/c16-10(14-6-1-2-7-14)8-4-3-5-9-12-13-11(17)15(8)9/h8H,1-7H2,(H,13,17). The fraction of sp³-hybridized carbons (Fsp3) is 0.727. The Bertz CT molecular complexity index is 484. The summed E-state index contributed by atoms with van der Waals surface area (Å²) in [5.41, 5.74) is -0.253. The van der Waals surface area contributed by atoms with Crippen molar-refractivity contribution in [2.24, 2.45) is 0 Å². The summed E-state index contributed by atoms with van der Waals surface area (Å²) >= 11 is 0. The molecule has 0 aliphatic carbocycles. The van der Waals surface area contributed by atoms with E-state index in [0.29, 0.717) is 0 Å². The van der Waals surface area contributed by atoms with Crippen LogP contribution in [0.1, 0.15) is 37.5 Å². The first kappa shape index (κ1) is 10.6. The van der Waals surface area contributed by atoms with Crippen molar-refractivity contribution < 1.29 is 4.79 Å². The average molecular weight is 236 g/mol. The number of amides is 1. The molecule has 1 fully saturated rings. The number of H-pyrrole nitrogens is 1. The molecule has 1 aromatic heterocycles. The molecule has 3 heterocycles. The Morgan fingerprint density at radius 3 is 2.82 bits per heavy atom. The van der Waals surface area contributed by atoms with Gasteiger partial charge in [-0.3, -0.25) is 9.36 Å². The van der Waals surface area contributed by atoms with Crippen molar-refractivity contribution in [1.29, 1.82) is 0 Å². The Morgan fingerprint density at radius 2 is 2.06 bits per heavy atom. The zero-order chi connectivity index (χ0) is 11.8. The Morgan fingerprint density at radius 1 is 1.29 bits per heavy atom. The van der Waals surface area contributed by atoms with Crippen molar-refractivity contribution in [3.8, 4) is 0 Å². The molecule has 0 spiro atoms. The number of aryl methyl sites for hydroxylation is 1. The van der Waals surface area contributed by atoms with Crippen LogP contribution < -0.4 is 5.69 Å². The highest BCUT2D eigenvalue weighted by atomic mass is 16.2. The zero-order valence-electron chi connectivity index (χ0n) is 9.69. The number of carbonyl (C=O) groups is 1. The van der Waals surface area contributed by atoms with Crippen LogP contribution in [-0.2, 0) is 11.2 Å². The minimum absolute atomic E-state index is 0.0898. The number of aromatic nitrogens is 3. The second-order valence-electron chi connectivity index (χ2n) is 4.76. The van der Waals surface area contributed by atoms with E-state index in [9.17, 15) is 9.59 Å². The van der Waals surface area contributed by atoms with Gasteiger partial charge in [-0.05, 0) is 25.7 Å². The van der Waals surface area contributed by atoms with Gasteiger partial charge in [0.15, 0.2) is 0 Å². The highest BCUT2D eigenvalue weighted by molar-refractivity contribution is 5.80. The van der Waals surface area contributed by atoms with Crippen LogP contribution >= 0.6 is 0 Å². The van der Waals surface area contributed by atoms with Crippen molar-refractivity contribution in [2.75, 3.05) is 13.1 Å². The molecule has 17 heavy (non-hydrogen) atoms. The fourth-order valence-electron chi connectivity index (χ4n) is 2.80. The first-order valence-corrected chi connectivity index (χ1v) is 6.22. The molecule has 0 radical (unpaired) electrons. The molecule has 3 rings (SSSR count). The number of nitrogens with zero attached hydrogens (tertiary/aromatic N) is 3. The molecule has 0 bridgehead atoms. The van der Waals surface area contributed by atoms with E-state index in [4.69, 9.17) is 0 Å². The highest BCUT2D eigenvalue weighted by Gasteiger charge is 2.32. The normalized spacial score (nSPS) is 23.8. The minimum atomic E-state index is -0.330. The van der Waals surface area contributed by atoms with Gasteiger partial charge in [0.05, 0.1) is 0 Å². The number of rotatable bonds is 1. The summed E-state index contributed by atoms with van der Waals surface area (Å²) in [5, 5.41) is 6.41. The maximum atomic E-state index is 12.3. The molecule has 6 heteroatoms. The summed E-state index contributed by atoms with van der Waals surface area (Å²) in [6.45, 7) is 1.66. The van der Waals surface area contributed by atoms with E-state index in [0.717, 1.165) is 51.0 Å². The molecule has 1 N–H and O–H groups in total. The first-order chi connectivity index (χ1) is 8.27. The predicted octanol–water partition coefficient (Wildman–Crippen LogP) is 0.0712. The van der Waals surface area contributed by atoms with Gasteiger partial charge in [0.25, 0.3) is 0 Å². The SMILES string of the molecule is O=C(C1CCCc2n[nH]c(=O)n21)N1CCCC1. The number of fused-ring (bicyclic) bond motifs is 1. The summed E-state index contributed by atoms with van der Waals surface area (Å²) in [6.07, 6.45) is 4.61. The lowest BCUT2D eigenvalue weighted by Crippen LogP contribution is -2.40. The van der Waals surface area contributed by atoms with Crippen LogP contribution in [0.15, 0.2) is 4.79 Å². The molecule has 1 amide bonds. The number of aromatic amines is 1. The van der Waals surface area contributed by atoms with Gasteiger partial charge in [-0.25, -0.2) is 9.89 Å². The number of likely N-dealkylation sites (tertiary alicyclic amines) is 1. The monoisotopic (exact) mass is 236 g/mol. The van der Waals surface area contributed by atoms with Crippen molar-refractivity contribution >= 4 is 5.91 Å². The molecule has 0 aromatic carbocycles. The summed E-state index contributed by atoms with van der Waals surface area (Å²) in [4.78, 5) is 25.9. The van der Waals surface area contributed by atoms with E-state index < -0.39 is 0 Å². The fourth-order valence-corrected chi connectivity index (χ4v) is 2.80. The van der Waals surface area contributed by atoms with Gasteiger partial charge in [-0.2, -0.15) is 5.10 Å². The van der Waals surface area contributed by atoms with E-state index in [1.807, 2.05) is 4.90 Å². The summed E-state index contributed by atoms with van der Waals surface area (Å²) in [7, 11) is 0. The third-order valence-corrected chi connectivity index (χ3v) is 3.67. The van der Waals surface area contributed by atoms with Gasteiger partial charge in [0.1, 0.15) is 11.9 Å². The quantitative estimate of drug-likeness (QED) is 0.750. The second-order valence-corrected chi connectivity index (χ2v) is 4.76. The number of carbonyl (C=O) groups excluding carboxylic acids is 1. The second kappa shape index (κ2) is 4.01. The number of hydrogen-bond acceptors (Lipinski definition) is 3. The molecular formula is C11H16N4O2. The van der Waals surface area contributed by atoms with Gasteiger partial charge in [-0.1, -0.05) is 0 Å². The molecule has 92 valence electrons. The third kappa shape index (κ3) is 1.67. The van der Waals surface area contributed by atoms with Crippen LogP contribution in [0.3, 0.4) is 0 Å². The van der Waals surface area contributed by atoms with Crippen LogP contribution in [0, 0.1) is 0 Å². The molecule has 1 saturated heterocycles. The van der Waals surface area contributed by atoms with Gasteiger partial charge in [0, 0.05) is 19.5 Å². The van der Waals surface area contributed by atoms with Crippen molar-refractivity contribution in [3.05, 3.63) is 16.3 Å². The van der Waals surface area contributed by atoms with Gasteiger partial charge < -0.3 is 4.90 Å². The lowest BCUT2D eigenvalue weighted by molar-refractivity contribution is -0.134. The average Bonchev–Trinajstić information content (AvgIpc) is 2.98. The Labute approximate surface area is 98.6 Å². The maximum absolute atomic E-state index is 12.3. The van der Waals surface area contributed by atoms with Crippen molar-refractivity contribution in [3.63, 3.8) is 0 Å². The largest absolute Gasteiger partial charge is 0.344 e. The van der Waals surface area contributed by atoms with Gasteiger partial charge >= 0.3 is 5.69 Å². The minimum Gasteiger partial charge on any atom is -0.341 e. The molecule has 2 aliphatic rings. The predicted molar refractivity (Wildman–Crippen MR) is 60.6 cm³/mol. The van der Waals surface area contributed by atoms with Crippen LogP contribution in [-0.4, -0.2) is 38.7 Å². The Kier molecular flexibility index (Phi) is 2.49. The van der Waals surface area contributed by atoms with E-state index in [1.165, 1.54) is 0 Å². The molecule has 6 nitrogen and oxygen atoms in total. The van der Waals surface area contributed by atoms with E-state index in [1.54, 1.807) is 4.57 Å². The van der Waals surface area contributed by atoms with Crippen LogP contribution in [0.25, 0.3) is 0 Å². The van der Waals surface area contributed by atoms with E-state index in [-0.39, 0.29) is 17.6 Å². The first-order valence-electron chi connectivity index (χ1n) is 6.22. The smallest absolute Gasteiger partial charge is 0.341 e. The summed E-state index contributed by atoms with van der Waals surface area (Å²) in [6, 6.07) is -0.330. The summed E-state index contributed by atoms with van der Waals surface area (Å²) < 4.78 is 1.55. The zero-order valence-corrected chi connectivity index (χ0v) is 9.69. The van der Waals surface area contributed by atoms with E-state index >= 15 is 0 Å². The van der Waals surface area contributed by atoms with E-state index in [2.05, 4.69) is 10.2 Å². The number of nitrogens with one attached hydrogen (secondary N) is 1. The summed E-state index contributed by atoms with van der Waals surface area (Å²) in [5.74, 6) is 0.811. The van der Waals surface area contributed by atoms with Crippen LogP contribution in [0.4, 0.5) is 0 Å². The molecule has 0 saturated carbocycles. The molecule has 1 aromatic rings. The van der Waals surface area contributed by atoms with Crippen molar-refractivity contribution in [2.45, 2.75) is 38.1 Å². The van der Waals surface area contributed by atoms with Crippen LogP contribution in [0.2, 0.25) is 0 Å². The molecular weight excluding hydrogens is 220 g/mol. The number of hydrogen-bond donors (Lipinski definition) is 1. The molecule has 2 aliphatic heterocycles. The maximum Gasteiger partial charge on any atom is 0.344 e. The van der Waals surface area contributed by atoms with Crippen molar-refractivity contribution in [1.82, 2.24) is 19.7 Å². The third-order valence-electron chi connectivity index (χ3n) is 3.67. The molecule has 1 atom stereocenters. The highest BCUT2D eigenvalue weighted by Crippen LogP contribution is 2.24.